The van der Waals surface area contributed by atoms with Gasteiger partial charge < -0.3 is 4.74 Å². The average molecular weight is 239 g/mol. The first kappa shape index (κ1) is 13.0. The summed E-state index contributed by atoms with van der Waals surface area (Å²) in [6.07, 6.45) is 5.73. The van der Waals surface area contributed by atoms with Gasteiger partial charge in [-0.05, 0) is 38.5 Å². The fourth-order valence-electron chi connectivity index (χ4n) is 2.91. The van der Waals surface area contributed by atoms with Crippen LogP contribution in [0.5, 0.6) is 0 Å². The maximum Gasteiger partial charge on any atom is 0.137 e. The van der Waals surface area contributed by atoms with Crippen molar-refractivity contribution in [2.24, 2.45) is 11.8 Å². The standard InChI is InChI=1S/C14H25NO2/c1-11(12-6-7-12)15(8-9-17-2)10-13-4-3-5-14(13)16/h11-13H,3-10H2,1-2H3. The van der Waals surface area contributed by atoms with Gasteiger partial charge >= 0.3 is 0 Å². The molecule has 0 radical (unpaired) electrons. The Morgan fingerprint density at radius 3 is 2.71 bits per heavy atom. The predicted octanol–water partition coefficient (Wildman–Crippen LogP) is 2.10. The zero-order chi connectivity index (χ0) is 12.3. The van der Waals surface area contributed by atoms with E-state index in [2.05, 4.69) is 11.8 Å². The third-order valence-corrected chi connectivity index (χ3v) is 4.35. The molecule has 0 amide bonds. The predicted molar refractivity (Wildman–Crippen MR) is 68.0 cm³/mol. The molecule has 2 fully saturated rings. The van der Waals surface area contributed by atoms with Crippen LogP contribution in [0.3, 0.4) is 0 Å². The Labute approximate surface area is 105 Å². The van der Waals surface area contributed by atoms with Crippen molar-refractivity contribution in [1.29, 1.82) is 0 Å². The van der Waals surface area contributed by atoms with Crippen molar-refractivity contribution in [1.82, 2.24) is 4.90 Å². The van der Waals surface area contributed by atoms with Crippen molar-refractivity contribution >= 4 is 5.78 Å². The quantitative estimate of drug-likeness (QED) is 0.681. The Morgan fingerprint density at radius 2 is 2.18 bits per heavy atom. The third kappa shape index (κ3) is 3.52. The van der Waals surface area contributed by atoms with Gasteiger partial charge in [-0.15, -0.1) is 0 Å². The summed E-state index contributed by atoms with van der Waals surface area (Å²) in [5.41, 5.74) is 0. The lowest BCUT2D eigenvalue weighted by atomic mass is 10.0. The molecular weight excluding hydrogens is 214 g/mol. The van der Waals surface area contributed by atoms with Gasteiger partial charge in [0.2, 0.25) is 0 Å². The summed E-state index contributed by atoms with van der Waals surface area (Å²) >= 11 is 0. The van der Waals surface area contributed by atoms with E-state index < -0.39 is 0 Å². The highest BCUT2D eigenvalue weighted by atomic mass is 16.5. The van der Waals surface area contributed by atoms with Crippen LogP contribution < -0.4 is 0 Å². The Kier molecular flexibility index (Phi) is 4.57. The summed E-state index contributed by atoms with van der Waals surface area (Å²) in [5, 5.41) is 0. The molecule has 0 saturated heterocycles. The highest BCUT2D eigenvalue weighted by Crippen LogP contribution is 2.36. The van der Waals surface area contributed by atoms with Crippen LogP contribution in [0.15, 0.2) is 0 Å². The Morgan fingerprint density at radius 1 is 1.41 bits per heavy atom. The topological polar surface area (TPSA) is 29.5 Å². The van der Waals surface area contributed by atoms with Crippen LogP contribution in [-0.2, 0) is 9.53 Å². The number of methoxy groups -OCH3 is 1. The van der Waals surface area contributed by atoms with Crippen molar-refractivity contribution in [3.8, 4) is 0 Å². The molecule has 2 aliphatic carbocycles. The van der Waals surface area contributed by atoms with E-state index in [9.17, 15) is 4.79 Å². The third-order valence-electron chi connectivity index (χ3n) is 4.35. The number of rotatable bonds is 7. The van der Waals surface area contributed by atoms with Crippen LogP contribution >= 0.6 is 0 Å². The minimum atomic E-state index is 0.299. The average Bonchev–Trinajstić information content (AvgIpc) is 3.09. The molecular formula is C14H25NO2. The van der Waals surface area contributed by atoms with Gasteiger partial charge in [-0.25, -0.2) is 0 Å². The fourth-order valence-corrected chi connectivity index (χ4v) is 2.91. The second kappa shape index (κ2) is 5.96. The number of Topliss-reactive ketones (excluding diaryl/α,β-unsaturated/α-hetero) is 1. The lowest BCUT2D eigenvalue weighted by Crippen LogP contribution is -2.41. The van der Waals surface area contributed by atoms with Crippen molar-refractivity contribution < 1.29 is 9.53 Å². The molecule has 2 aliphatic rings. The Balaban J connectivity index is 1.86. The van der Waals surface area contributed by atoms with E-state index in [1.54, 1.807) is 7.11 Å². The SMILES string of the molecule is COCCN(CC1CCCC1=O)C(C)C1CC1. The molecule has 98 valence electrons. The van der Waals surface area contributed by atoms with Crippen LogP contribution in [-0.4, -0.2) is 43.5 Å². The minimum absolute atomic E-state index is 0.299. The van der Waals surface area contributed by atoms with E-state index >= 15 is 0 Å². The van der Waals surface area contributed by atoms with E-state index in [-0.39, 0.29) is 0 Å². The number of nitrogens with zero attached hydrogens (tertiary/aromatic N) is 1. The molecule has 3 heteroatoms. The molecule has 0 aromatic rings. The molecule has 0 aromatic heterocycles. The van der Waals surface area contributed by atoms with Gasteiger partial charge in [0.25, 0.3) is 0 Å². The number of hydrogen-bond acceptors (Lipinski definition) is 3. The molecule has 0 aliphatic heterocycles. The maximum atomic E-state index is 11.7. The van der Waals surface area contributed by atoms with Crippen molar-refractivity contribution in [2.45, 2.75) is 45.1 Å². The summed E-state index contributed by atoms with van der Waals surface area (Å²) in [4.78, 5) is 14.2. The van der Waals surface area contributed by atoms with Gasteiger partial charge in [0.15, 0.2) is 0 Å². The van der Waals surface area contributed by atoms with Crippen molar-refractivity contribution in [3.63, 3.8) is 0 Å². The Hall–Kier alpha value is -0.410. The van der Waals surface area contributed by atoms with Gasteiger partial charge in [-0.2, -0.15) is 0 Å². The van der Waals surface area contributed by atoms with Gasteiger partial charge in [0.1, 0.15) is 5.78 Å². The monoisotopic (exact) mass is 239 g/mol. The van der Waals surface area contributed by atoms with Crippen LogP contribution in [0.1, 0.15) is 39.0 Å². The molecule has 2 rings (SSSR count). The molecule has 0 aromatic carbocycles. The largest absolute Gasteiger partial charge is 0.383 e. The highest BCUT2D eigenvalue weighted by Gasteiger charge is 2.34. The Bertz CT molecular complexity index is 263. The molecule has 0 heterocycles. The summed E-state index contributed by atoms with van der Waals surface area (Å²) < 4.78 is 5.19. The molecule has 2 unspecified atom stereocenters. The summed E-state index contributed by atoms with van der Waals surface area (Å²) in [7, 11) is 1.75. The van der Waals surface area contributed by atoms with Crippen LogP contribution in [0.4, 0.5) is 0 Å². The van der Waals surface area contributed by atoms with Gasteiger partial charge in [-0.1, -0.05) is 0 Å². The van der Waals surface area contributed by atoms with Crippen LogP contribution in [0, 0.1) is 11.8 Å². The zero-order valence-corrected chi connectivity index (χ0v) is 11.2. The first-order valence-corrected chi connectivity index (χ1v) is 6.98. The second-order valence-corrected chi connectivity index (χ2v) is 5.62. The van der Waals surface area contributed by atoms with Crippen molar-refractivity contribution in [3.05, 3.63) is 0 Å². The number of ketones is 1. The lowest BCUT2D eigenvalue weighted by molar-refractivity contribution is -0.121. The maximum absolute atomic E-state index is 11.7. The van der Waals surface area contributed by atoms with E-state index in [4.69, 9.17) is 4.74 Å². The van der Waals surface area contributed by atoms with E-state index in [0.717, 1.165) is 44.9 Å². The van der Waals surface area contributed by atoms with E-state index in [1.165, 1.54) is 12.8 Å². The molecule has 17 heavy (non-hydrogen) atoms. The minimum Gasteiger partial charge on any atom is -0.383 e. The van der Waals surface area contributed by atoms with Gasteiger partial charge in [-0.3, -0.25) is 9.69 Å². The van der Waals surface area contributed by atoms with Crippen LogP contribution in [0.25, 0.3) is 0 Å². The number of hydrogen-bond donors (Lipinski definition) is 0. The molecule has 0 N–H and O–H groups in total. The molecule has 2 saturated carbocycles. The number of carbonyl (C=O) groups excluding carboxylic acids is 1. The smallest absolute Gasteiger partial charge is 0.137 e. The summed E-state index contributed by atoms with van der Waals surface area (Å²) in [6, 6.07) is 0.624. The summed E-state index contributed by atoms with van der Waals surface area (Å²) in [6.45, 7) is 5.02. The fraction of sp³-hybridized carbons (Fsp3) is 0.929. The zero-order valence-electron chi connectivity index (χ0n) is 11.2. The number of carbonyl (C=O) groups is 1. The molecule has 2 atom stereocenters. The van der Waals surface area contributed by atoms with Gasteiger partial charge in [0.05, 0.1) is 6.61 Å². The molecule has 0 spiro atoms. The van der Waals surface area contributed by atoms with E-state index in [1.807, 2.05) is 0 Å². The second-order valence-electron chi connectivity index (χ2n) is 5.62. The van der Waals surface area contributed by atoms with Crippen LogP contribution in [0.2, 0.25) is 0 Å². The first-order chi connectivity index (χ1) is 8.22. The first-order valence-electron chi connectivity index (χ1n) is 6.98. The molecule has 0 bridgehead atoms. The highest BCUT2D eigenvalue weighted by molar-refractivity contribution is 5.83. The normalized spacial score (nSPS) is 26.8. The molecule has 3 nitrogen and oxygen atoms in total. The van der Waals surface area contributed by atoms with E-state index in [0.29, 0.717) is 17.7 Å². The number of ether oxygens (including phenoxy) is 1. The van der Waals surface area contributed by atoms with Gasteiger partial charge in [0, 0.05) is 38.6 Å². The summed E-state index contributed by atoms with van der Waals surface area (Å²) in [5.74, 6) is 1.65. The lowest BCUT2D eigenvalue weighted by Gasteiger charge is -2.30. The van der Waals surface area contributed by atoms with Crippen molar-refractivity contribution in [2.75, 3.05) is 26.8 Å².